The second-order valence-electron chi connectivity index (χ2n) is 9.05. The van der Waals surface area contributed by atoms with Crippen molar-refractivity contribution in [3.05, 3.63) is 114 Å². The Kier molecular flexibility index (Phi) is 4.21. The first-order chi connectivity index (χ1) is 16.7. The Morgan fingerprint density at radius 2 is 1.32 bits per heavy atom. The summed E-state index contributed by atoms with van der Waals surface area (Å²) in [4.78, 5) is 0. The van der Waals surface area contributed by atoms with E-state index in [9.17, 15) is 0 Å². The molecular formula is C32H23NS. The maximum Gasteiger partial charge on any atom is 0.0576 e. The fourth-order valence-electron chi connectivity index (χ4n) is 5.59. The summed E-state index contributed by atoms with van der Waals surface area (Å²) in [5, 5.41) is 5.40. The van der Waals surface area contributed by atoms with Crippen LogP contribution in [0.1, 0.15) is 11.1 Å². The van der Waals surface area contributed by atoms with Gasteiger partial charge < -0.3 is 4.57 Å². The van der Waals surface area contributed by atoms with E-state index >= 15 is 0 Å². The summed E-state index contributed by atoms with van der Waals surface area (Å²) in [6, 6.07) is 37.6. The fourth-order valence-corrected chi connectivity index (χ4v) is 6.70. The zero-order valence-corrected chi connectivity index (χ0v) is 20.0. The topological polar surface area (TPSA) is 4.93 Å². The molecule has 0 N–H and O–H groups in total. The molecule has 7 rings (SSSR count). The third-order valence-electron chi connectivity index (χ3n) is 7.14. The van der Waals surface area contributed by atoms with Crippen LogP contribution in [0.4, 0.5) is 0 Å². The number of fused-ring (bicyclic) bond motifs is 7. The lowest BCUT2D eigenvalue weighted by Crippen LogP contribution is -1.96. The van der Waals surface area contributed by atoms with Gasteiger partial charge in [0, 0.05) is 36.6 Å². The van der Waals surface area contributed by atoms with Gasteiger partial charge in [-0.05, 0) is 66.4 Å². The van der Waals surface area contributed by atoms with Gasteiger partial charge in [0.15, 0.2) is 0 Å². The lowest BCUT2D eigenvalue weighted by Gasteiger charge is -2.14. The molecule has 0 saturated heterocycles. The van der Waals surface area contributed by atoms with Crippen LogP contribution in [0.2, 0.25) is 0 Å². The highest BCUT2D eigenvalue weighted by atomic mass is 32.1. The number of nitrogens with zero attached hydrogens (tertiary/aromatic N) is 1. The number of para-hydroxylation sites is 1. The number of aromatic nitrogens is 1. The fraction of sp³-hybridized carbons (Fsp3) is 0.0625. The molecule has 5 aromatic carbocycles. The van der Waals surface area contributed by atoms with Crippen molar-refractivity contribution >= 4 is 53.3 Å². The molecule has 7 aromatic rings. The summed E-state index contributed by atoms with van der Waals surface area (Å²) in [6.07, 6.45) is 0. The van der Waals surface area contributed by atoms with Crippen LogP contribution in [0.3, 0.4) is 0 Å². The molecule has 0 amide bonds. The maximum atomic E-state index is 2.47. The van der Waals surface area contributed by atoms with Gasteiger partial charge in [-0.3, -0.25) is 0 Å². The van der Waals surface area contributed by atoms with Crippen LogP contribution in [0.15, 0.2) is 103 Å². The van der Waals surface area contributed by atoms with E-state index in [-0.39, 0.29) is 0 Å². The molecule has 2 heteroatoms. The van der Waals surface area contributed by atoms with Crippen LogP contribution >= 0.6 is 11.3 Å². The van der Waals surface area contributed by atoms with Crippen molar-refractivity contribution in [3.8, 4) is 16.8 Å². The standard InChI is InChI=1S/C32H23NS/c1-20-10-6-7-13-23(20)24-16-17-26-30-27(33(32(26)21(24)2)22-11-4-3-5-12-22)18-19-29-31(30)25-14-8-9-15-28(25)34-29/h3-19H,1-2H3. The maximum absolute atomic E-state index is 2.47. The van der Waals surface area contributed by atoms with Crippen LogP contribution in [-0.4, -0.2) is 4.57 Å². The molecule has 0 saturated carbocycles. The summed E-state index contributed by atoms with van der Waals surface area (Å²) in [5.41, 5.74) is 8.99. The van der Waals surface area contributed by atoms with Crippen molar-refractivity contribution in [1.82, 2.24) is 4.57 Å². The molecule has 0 radical (unpaired) electrons. The largest absolute Gasteiger partial charge is 0.309 e. The van der Waals surface area contributed by atoms with Gasteiger partial charge in [0.2, 0.25) is 0 Å². The Labute approximate surface area is 202 Å². The summed E-state index contributed by atoms with van der Waals surface area (Å²) >= 11 is 1.89. The zero-order chi connectivity index (χ0) is 22.8. The number of rotatable bonds is 2. The predicted octanol–water partition coefficient (Wildman–Crippen LogP) is 9.44. The molecule has 0 fully saturated rings. The Morgan fingerprint density at radius 3 is 2.18 bits per heavy atom. The molecule has 2 aromatic heterocycles. The van der Waals surface area contributed by atoms with Crippen molar-refractivity contribution in [1.29, 1.82) is 0 Å². The highest BCUT2D eigenvalue weighted by molar-refractivity contribution is 7.26. The SMILES string of the molecule is Cc1ccccc1-c1ccc2c3c4c(ccc3n(-c3ccccc3)c2c1C)sc1ccccc14. The molecule has 162 valence electrons. The van der Waals surface area contributed by atoms with Crippen molar-refractivity contribution < 1.29 is 0 Å². The Bertz CT molecular complexity index is 1870. The highest BCUT2D eigenvalue weighted by Crippen LogP contribution is 2.45. The minimum Gasteiger partial charge on any atom is -0.309 e. The molecule has 34 heavy (non-hydrogen) atoms. The lowest BCUT2D eigenvalue weighted by molar-refractivity contribution is 1.17. The Balaban J connectivity index is 1.72. The van der Waals surface area contributed by atoms with Gasteiger partial charge >= 0.3 is 0 Å². The molecule has 0 aliphatic carbocycles. The van der Waals surface area contributed by atoms with Gasteiger partial charge in [-0.2, -0.15) is 0 Å². The van der Waals surface area contributed by atoms with Crippen LogP contribution in [0.5, 0.6) is 0 Å². The quantitative estimate of drug-likeness (QED) is 0.246. The monoisotopic (exact) mass is 453 g/mol. The molecule has 1 nitrogen and oxygen atoms in total. The Morgan fingerprint density at radius 1 is 0.559 bits per heavy atom. The van der Waals surface area contributed by atoms with E-state index in [1.165, 1.54) is 69.9 Å². The molecule has 0 atom stereocenters. The van der Waals surface area contributed by atoms with E-state index in [2.05, 4.69) is 122 Å². The first kappa shape index (κ1) is 19.6. The average molecular weight is 454 g/mol. The smallest absolute Gasteiger partial charge is 0.0576 e. The third-order valence-corrected chi connectivity index (χ3v) is 8.27. The number of hydrogen-bond donors (Lipinski definition) is 0. The number of benzene rings is 5. The van der Waals surface area contributed by atoms with Gasteiger partial charge in [0.1, 0.15) is 0 Å². The second-order valence-corrected chi connectivity index (χ2v) is 10.1. The van der Waals surface area contributed by atoms with E-state index in [4.69, 9.17) is 0 Å². The first-order valence-corrected chi connectivity index (χ1v) is 12.5. The zero-order valence-electron chi connectivity index (χ0n) is 19.2. The van der Waals surface area contributed by atoms with Crippen LogP contribution in [-0.2, 0) is 0 Å². The molecule has 0 aliphatic rings. The third kappa shape index (κ3) is 2.66. The molecule has 0 unspecified atom stereocenters. The average Bonchev–Trinajstić information content (AvgIpc) is 3.41. The van der Waals surface area contributed by atoms with E-state index < -0.39 is 0 Å². The first-order valence-electron chi connectivity index (χ1n) is 11.7. The minimum atomic E-state index is 1.20. The van der Waals surface area contributed by atoms with Crippen LogP contribution in [0.25, 0.3) is 58.8 Å². The Hall–Kier alpha value is -3.88. The second kappa shape index (κ2) is 7.31. The van der Waals surface area contributed by atoms with E-state index in [0.29, 0.717) is 0 Å². The number of aryl methyl sites for hydroxylation is 2. The van der Waals surface area contributed by atoms with Gasteiger partial charge in [0.05, 0.1) is 11.0 Å². The molecule has 0 bridgehead atoms. The van der Waals surface area contributed by atoms with Crippen molar-refractivity contribution in [2.45, 2.75) is 13.8 Å². The number of hydrogen-bond acceptors (Lipinski definition) is 1. The van der Waals surface area contributed by atoms with Gasteiger partial charge in [-0.1, -0.05) is 72.8 Å². The molecule has 2 heterocycles. The molecular weight excluding hydrogens is 430 g/mol. The van der Waals surface area contributed by atoms with Gasteiger partial charge in [0.25, 0.3) is 0 Å². The predicted molar refractivity (Wildman–Crippen MR) is 149 cm³/mol. The molecule has 0 aliphatic heterocycles. The summed E-state index contributed by atoms with van der Waals surface area (Å²) in [5.74, 6) is 0. The van der Waals surface area contributed by atoms with Gasteiger partial charge in [-0.15, -0.1) is 11.3 Å². The van der Waals surface area contributed by atoms with Crippen molar-refractivity contribution in [2.75, 3.05) is 0 Å². The van der Waals surface area contributed by atoms with E-state index in [0.717, 1.165) is 0 Å². The summed E-state index contributed by atoms with van der Waals surface area (Å²) < 4.78 is 5.16. The van der Waals surface area contributed by atoms with Crippen LogP contribution in [0, 0.1) is 13.8 Å². The van der Waals surface area contributed by atoms with Crippen LogP contribution < -0.4 is 0 Å². The van der Waals surface area contributed by atoms with E-state index in [1.807, 2.05) is 11.3 Å². The van der Waals surface area contributed by atoms with Gasteiger partial charge in [-0.25, -0.2) is 0 Å². The molecule has 0 spiro atoms. The normalized spacial score (nSPS) is 11.8. The lowest BCUT2D eigenvalue weighted by atomic mass is 9.94. The summed E-state index contributed by atoms with van der Waals surface area (Å²) in [6.45, 7) is 4.48. The van der Waals surface area contributed by atoms with Crippen molar-refractivity contribution in [2.24, 2.45) is 0 Å². The van der Waals surface area contributed by atoms with E-state index in [1.54, 1.807) is 0 Å². The number of thiophene rings is 1. The highest BCUT2D eigenvalue weighted by Gasteiger charge is 2.20. The summed E-state index contributed by atoms with van der Waals surface area (Å²) in [7, 11) is 0. The van der Waals surface area contributed by atoms with Crippen molar-refractivity contribution in [3.63, 3.8) is 0 Å². The minimum absolute atomic E-state index is 1.20.